The van der Waals surface area contributed by atoms with E-state index < -0.39 is 0 Å². The van der Waals surface area contributed by atoms with E-state index >= 15 is 0 Å². The quantitative estimate of drug-likeness (QED) is 0.786. The lowest BCUT2D eigenvalue weighted by Crippen LogP contribution is -2.27. The van der Waals surface area contributed by atoms with Gasteiger partial charge >= 0.3 is 0 Å². The van der Waals surface area contributed by atoms with Crippen molar-refractivity contribution in [3.63, 3.8) is 0 Å². The van der Waals surface area contributed by atoms with Gasteiger partial charge in [-0.1, -0.05) is 19.0 Å². The molecule has 0 bridgehead atoms. The Morgan fingerprint density at radius 2 is 1.93 bits per heavy atom. The number of aromatic nitrogens is 1. The summed E-state index contributed by atoms with van der Waals surface area (Å²) in [6, 6.07) is 0.601. The van der Waals surface area contributed by atoms with Gasteiger partial charge in [-0.05, 0) is 26.7 Å². The average Bonchev–Trinajstić information content (AvgIpc) is 2.50. The molecule has 1 aromatic rings. The molecule has 0 saturated carbocycles. The van der Waals surface area contributed by atoms with Gasteiger partial charge in [0.25, 0.3) is 0 Å². The first-order valence-corrected chi connectivity index (χ1v) is 5.34. The van der Waals surface area contributed by atoms with Gasteiger partial charge in [0.05, 0.1) is 5.69 Å². The average molecular weight is 196 g/mol. The van der Waals surface area contributed by atoms with Crippen molar-refractivity contribution in [3.05, 3.63) is 17.0 Å². The molecule has 3 heteroatoms. The Morgan fingerprint density at radius 3 is 2.36 bits per heavy atom. The Balaban J connectivity index is 2.52. The van der Waals surface area contributed by atoms with E-state index in [9.17, 15) is 0 Å². The number of hydrogen-bond donors (Lipinski definition) is 1. The fourth-order valence-corrected chi connectivity index (χ4v) is 1.58. The van der Waals surface area contributed by atoms with E-state index in [2.05, 4.69) is 24.3 Å². The molecule has 14 heavy (non-hydrogen) atoms. The van der Waals surface area contributed by atoms with Gasteiger partial charge in [0.2, 0.25) is 0 Å². The molecule has 0 aromatic carbocycles. The number of hydrogen-bond acceptors (Lipinski definition) is 3. The van der Waals surface area contributed by atoms with Crippen LogP contribution in [0.25, 0.3) is 0 Å². The molecule has 1 aromatic heterocycles. The van der Waals surface area contributed by atoms with Crippen molar-refractivity contribution in [1.82, 2.24) is 10.5 Å². The third-order valence-electron chi connectivity index (χ3n) is 2.73. The Kier molecular flexibility index (Phi) is 4.14. The summed E-state index contributed by atoms with van der Waals surface area (Å²) in [5.74, 6) is 0.931. The van der Waals surface area contributed by atoms with Crippen molar-refractivity contribution >= 4 is 0 Å². The maximum atomic E-state index is 5.10. The first kappa shape index (κ1) is 11.2. The lowest BCUT2D eigenvalue weighted by Gasteiger charge is -2.14. The summed E-state index contributed by atoms with van der Waals surface area (Å²) < 4.78 is 5.10. The summed E-state index contributed by atoms with van der Waals surface area (Å²) in [7, 11) is 0. The topological polar surface area (TPSA) is 38.1 Å². The van der Waals surface area contributed by atoms with Gasteiger partial charge in [0, 0.05) is 18.2 Å². The van der Waals surface area contributed by atoms with Gasteiger partial charge in [-0.2, -0.15) is 0 Å². The predicted molar refractivity (Wildman–Crippen MR) is 57.2 cm³/mol. The maximum Gasteiger partial charge on any atom is 0.138 e. The molecule has 0 saturated heterocycles. The molecule has 1 rings (SSSR count). The van der Waals surface area contributed by atoms with Gasteiger partial charge in [0.1, 0.15) is 5.76 Å². The van der Waals surface area contributed by atoms with Crippen molar-refractivity contribution in [2.45, 2.75) is 53.1 Å². The second-order valence-electron chi connectivity index (χ2n) is 3.70. The van der Waals surface area contributed by atoms with Gasteiger partial charge in [-0.25, -0.2) is 0 Å². The predicted octanol–water partition coefficient (Wildman–Crippen LogP) is 2.57. The molecular weight excluding hydrogens is 176 g/mol. The minimum absolute atomic E-state index is 0.601. The Hall–Kier alpha value is -0.830. The van der Waals surface area contributed by atoms with Crippen LogP contribution in [0.5, 0.6) is 0 Å². The Morgan fingerprint density at radius 1 is 1.29 bits per heavy atom. The van der Waals surface area contributed by atoms with Crippen molar-refractivity contribution in [1.29, 1.82) is 0 Å². The molecule has 0 fully saturated rings. The molecule has 0 atom stereocenters. The van der Waals surface area contributed by atoms with Crippen LogP contribution in [0, 0.1) is 13.8 Å². The summed E-state index contributed by atoms with van der Waals surface area (Å²) >= 11 is 0. The van der Waals surface area contributed by atoms with Crippen LogP contribution in [0.4, 0.5) is 0 Å². The third kappa shape index (κ3) is 2.58. The van der Waals surface area contributed by atoms with E-state index in [4.69, 9.17) is 4.52 Å². The second kappa shape index (κ2) is 5.15. The molecule has 0 aliphatic heterocycles. The number of aryl methyl sites for hydroxylation is 2. The summed E-state index contributed by atoms with van der Waals surface area (Å²) in [5.41, 5.74) is 2.21. The normalized spacial score (nSPS) is 11.2. The molecule has 0 spiro atoms. The van der Waals surface area contributed by atoms with Crippen LogP contribution in [0.15, 0.2) is 4.52 Å². The highest BCUT2D eigenvalue weighted by Gasteiger charge is 2.10. The smallest absolute Gasteiger partial charge is 0.138 e. The van der Waals surface area contributed by atoms with Crippen LogP contribution in [0.1, 0.15) is 43.7 Å². The molecule has 0 aliphatic carbocycles. The minimum atomic E-state index is 0.601. The SMILES string of the molecule is CCC(CC)NCc1c(C)noc1C. The highest BCUT2D eigenvalue weighted by Crippen LogP contribution is 2.12. The standard InChI is InChI=1S/C11H20N2O/c1-5-10(6-2)12-7-11-8(3)13-14-9(11)4/h10,12H,5-7H2,1-4H3. The maximum absolute atomic E-state index is 5.10. The van der Waals surface area contributed by atoms with Crippen molar-refractivity contribution < 1.29 is 4.52 Å². The molecule has 80 valence electrons. The van der Waals surface area contributed by atoms with Crippen molar-refractivity contribution in [2.24, 2.45) is 0 Å². The lowest BCUT2D eigenvalue weighted by atomic mass is 10.1. The molecule has 0 unspecified atom stereocenters. The first-order valence-electron chi connectivity index (χ1n) is 5.34. The fraction of sp³-hybridized carbons (Fsp3) is 0.727. The van der Waals surface area contributed by atoms with Crippen LogP contribution in [0.3, 0.4) is 0 Å². The highest BCUT2D eigenvalue weighted by molar-refractivity contribution is 5.20. The zero-order valence-corrected chi connectivity index (χ0v) is 9.55. The Labute approximate surface area is 85.9 Å². The highest BCUT2D eigenvalue weighted by atomic mass is 16.5. The van der Waals surface area contributed by atoms with E-state index in [-0.39, 0.29) is 0 Å². The third-order valence-corrected chi connectivity index (χ3v) is 2.73. The van der Waals surface area contributed by atoms with Gasteiger partial charge in [0.15, 0.2) is 0 Å². The monoisotopic (exact) mass is 196 g/mol. The molecule has 0 radical (unpaired) electrons. The molecule has 1 N–H and O–H groups in total. The summed E-state index contributed by atoms with van der Waals surface area (Å²) in [4.78, 5) is 0. The fourth-order valence-electron chi connectivity index (χ4n) is 1.58. The molecule has 1 heterocycles. The van der Waals surface area contributed by atoms with E-state index in [1.54, 1.807) is 0 Å². The van der Waals surface area contributed by atoms with Gasteiger partial charge < -0.3 is 9.84 Å². The van der Waals surface area contributed by atoms with E-state index in [0.29, 0.717) is 6.04 Å². The number of rotatable bonds is 5. The van der Waals surface area contributed by atoms with Crippen molar-refractivity contribution in [2.75, 3.05) is 0 Å². The Bertz CT molecular complexity index is 257. The lowest BCUT2D eigenvalue weighted by molar-refractivity contribution is 0.391. The van der Waals surface area contributed by atoms with Crippen LogP contribution < -0.4 is 5.32 Å². The first-order chi connectivity index (χ1) is 6.69. The summed E-state index contributed by atoms with van der Waals surface area (Å²) in [6.45, 7) is 9.22. The van der Waals surface area contributed by atoms with E-state index in [0.717, 1.165) is 18.0 Å². The van der Waals surface area contributed by atoms with E-state index in [1.165, 1.54) is 18.4 Å². The van der Waals surface area contributed by atoms with Crippen LogP contribution in [-0.2, 0) is 6.54 Å². The van der Waals surface area contributed by atoms with Crippen LogP contribution >= 0.6 is 0 Å². The van der Waals surface area contributed by atoms with Gasteiger partial charge in [-0.3, -0.25) is 0 Å². The van der Waals surface area contributed by atoms with Gasteiger partial charge in [-0.15, -0.1) is 0 Å². The number of nitrogens with zero attached hydrogens (tertiary/aromatic N) is 1. The molecule has 3 nitrogen and oxygen atoms in total. The summed E-state index contributed by atoms with van der Waals surface area (Å²) in [6.07, 6.45) is 2.33. The zero-order chi connectivity index (χ0) is 10.6. The summed E-state index contributed by atoms with van der Waals surface area (Å²) in [5, 5.41) is 7.43. The molecule has 0 amide bonds. The minimum Gasteiger partial charge on any atom is -0.361 e. The van der Waals surface area contributed by atoms with Crippen molar-refractivity contribution in [3.8, 4) is 0 Å². The largest absolute Gasteiger partial charge is 0.361 e. The van der Waals surface area contributed by atoms with E-state index in [1.807, 2.05) is 13.8 Å². The second-order valence-corrected chi connectivity index (χ2v) is 3.70. The zero-order valence-electron chi connectivity index (χ0n) is 9.55. The molecular formula is C11H20N2O. The molecule has 0 aliphatic rings. The van der Waals surface area contributed by atoms with Crippen LogP contribution in [0.2, 0.25) is 0 Å². The number of nitrogens with one attached hydrogen (secondary N) is 1. The van der Waals surface area contributed by atoms with Crippen LogP contribution in [-0.4, -0.2) is 11.2 Å².